The number of carbonyl (C=O) groups is 2. The van der Waals surface area contributed by atoms with E-state index in [-0.39, 0.29) is 11.8 Å². The van der Waals surface area contributed by atoms with E-state index in [1.54, 1.807) is 11.0 Å². The number of anilines is 1. The molecule has 0 bridgehead atoms. The number of thiazole rings is 1. The van der Waals surface area contributed by atoms with Crippen molar-refractivity contribution in [1.29, 1.82) is 0 Å². The number of hydrogen-bond donors (Lipinski definition) is 1. The van der Waals surface area contributed by atoms with Gasteiger partial charge in [-0.3, -0.25) is 19.5 Å². The summed E-state index contributed by atoms with van der Waals surface area (Å²) in [5.74, 6) is -0.171. The number of nitrogens with zero attached hydrogens (tertiary/aromatic N) is 3. The predicted molar refractivity (Wildman–Crippen MR) is 99.2 cm³/mol. The molecule has 0 spiro atoms. The molecule has 0 aromatic carbocycles. The SMILES string of the molecule is CCN(C(C)=O)c1nc(C=C2SC(=NC3CCCC3)NC2=O)cs1. The Balaban J connectivity index is 1.73. The highest BCUT2D eigenvalue weighted by molar-refractivity contribution is 8.18. The quantitative estimate of drug-likeness (QED) is 0.834. The van der Waals surface area contributed by atoms with Crippen molar-refractivity contribution in [3.8, 4) is 0 Å². The van der Waals surface area contributed by atoms with Crippen LogP contribution in [0.4, 0.5) is 5.13 Å². The van der Waals surface area contributed by atoms with Crippen molar-refractivity contribution < 1.29 is 9.59 Å². The van der Waals surface area contributed by atoms with Crippen LogP contribution in [-0.2, 0) is 9.59 Å². The third-order valence-electron chi connectivity index (χ3n) is 3.99. The van der Waals surface area contributed by atoms with Gasteiger partial charge in [-0.25, -0.2) is 4.98 Å². The number of amides is 2. The average Bonchev–Trinajstić information content (AvgIpc) is 3.24. The van der Waals surface area contributed by atoms with Crippen molar-refractivity contribution in [2.75, 3.05) is 11.4 Å². The molecule has 3 rings (SSSR count). The van der Waals surface area contributed by atoms with Crippen LogP contribution in [0.1, 0.15) is 45.2 Å². The van der Waals surface area contributed by atoms with Gasteiger partial charge in [0.25, 0.3) is 5.91 Å². The van der Waals surface area contributed by atoms with Crippen molar-refractivity contribution in [3.63, 3.8) is 0 Å². The Morgan fingerprint density at radius 1 is 1.50 bits per heavy atom. The monoisotopic (exact) mass is 364 g/mol. The summed E-state index contributed by atoms with van der Waals surface area (Å²) in [7, 11) is 0. The van der Waals surface area contributed by atoms with Crippen molar-refractivity contribution in [1.82, 2.24) is 10.3 Å². The Morgan fingerprint density at radius 2 is 2.25 bits per heavy atom. The highest BCUT2D eigenvalue weighted by atomic mass is 32.2. The number of hydrogen-bond acceptors (Lipinski definition) is 6. The minimum absolute atomic E-state index is 0.0370. The van der Waals surface area contributed by atoms with Gasteiger partial charge in [0, 0.05) is 18.8 Å². The van der Waals surface area contributed by atoms with Crippen LogP contribution < -0.4 is 10.2 Å². The first kappa shape index (κ1) is 17.2. The summed E-state index contributed by atoms with van der Waals surface area (Å²) in [4.78, 5) is 35.0. The van der Waals surface area contributed by atoms with E-state index < -0.39 is 0 Å². The van der Waals surface area contributed by atoms with Crippen LogP contribution in [0.15, 0.2) is 15.3 Å². The molecule has 1 aliphatic heterocycles. The lowest BCUT2D eigenvalue weighted by Crippen LogP contribution is -2.27. The van der Waals surface area contributed by atoms with Crippen molar-refractivity contribution in [2.24, 2.45) is 4.99 Å². The molecular formula is C16H20N4O2S2. The first-order valence-corrected chi connectivity index (χ1v) is 9.78. The van der Waals surface area contributed by atoms with Crippen molar-refractivity contribution in [3.05, 3.63) is 16.0 Å². The molecule has 24 heavy (non-hydrogen) atoms. The summed E-state index contributed by atoms with van der Waals surface area (Å²) in [5.41, 5.74) is 0.689. The third-order valence-corrected chi connectivity index (χ3v) is 5.80. The predicted octanol–water partition coefficient (Wildman–Crippen LogP) is 3.02. The number of carbonyl (C=O) groups excluding carboxylic acids is 2. The Bertz CT molecular complexity index is 705. The van der Waals surface area contributed by atoms with Crippen LogP contribution in [0, 0.1) is 0 Å². The smallest absolute Gasteiger partial charge is 0.264 e. The summed E-state index contributed by atoms with van der Waals surface area (Å²) < 4.78 is 0. The van der Waals surface area contributed by atoms with Gasteiger partial charge in [-0.05, 0) is 37.6 Å². The first-order valence-electron chi connectivity index (χ1n) is 8.09. The standard InChI is InChI=1S/C16H20N4O2S2/c1-3-20(10(2)21)16-18-12(9-23-16)8-13-14(22)19-15(24-13)17-11-6-4-5-7-11/h8-9,11H,3-7H2,1-2H3,(H,17,19,22). The highest BCUT2D eigenvalue weighted by Gasteiger charge is 2.26. The number of nitrogens with one attached hydrogen (secondary N) is 1. The van der Waals surface area contributed by atoms with Gasteiger partial charge in [0.2, 0.25) is 5.91 Å². The van der Waals surface area contributed by atoms with Crippen LogP contribution in [-0.4, -0.2) is 34.6 Å². The highest BCUT2D eigenvalue weighted by Crippen LogP contribution is 2.30. The maximum absolute atomic E-state index is 12.1. The molecule has 8 heteroatoms. The molecule has 1 aromatic rings. The van der Waals surface area contributed by atoms with Crippen molar-refractivity contribution in [2.45, 2.75) is 45.6 Å². The van der Waals surface area contributed by atoms with Crippen LogP contribution >= 0.6 is 23.1 Å². The Hall–Kier alpha value is -1.67. The van der Waals surface area contributed by atoms with Gasteiger partial charge in [0.05, 0.1) is 16.6 Å². The third kappa shape index (κ3) is 3.87. The zero-order valence-corrected chi connectivity index (χ0v) is 15.4. The molecule has 6 nitrogen and oxygen atoms in total. The second-order valence-corrected chi connectivity index (χ2v) is 7.62. The zero-order valence-electron chi connectivity index (χ0n) is 13.7. The second-order valence-electron chi connectivity index (χ2n) is 5.76. The normalized spacial score (nSPS) is 21.7. The van der Waals surface area contributed by atoms with Gasteiger partial charge in [0.15, 0.2) is 10.3 Å². The van der Waals surface area contributed by atoms with E-state index in [2.05, 4.69) is 15.3 Å². The molecule has 2 fully saturated rings. The summed E-state index contributed by atoms with van der Waals surface area (Å²) in [5, 5.41) is 6.02. The Morgan fingerprint density at radius 3 is 2.92 bits per heavy atom. The molecule has 0 atom stereocenters. The minimum atomic E-state index is -0.134. The van der Waals surface area contributed by atoms with E-state index in [0.717, 1.165) is 12.8 Å². The summed E-state index contributed by atoms with van der Waals surface area (Å²) in [6.07, 6.45) is 6.40. The van der Waals surface area contributed by atoms with Gasteiger partial charge < -0.3 is 5.32 Å². The Kier molecular flexibility index (Phi) is 5.35. The van der Waals surface area contributed by atoms with E-state index >= 15 is 0 Å². The second kappa shape index (κ2) is 7.48. The maximum Gasteiger partial charge on any atom is 0.264 e. The summed E-state index contributed by atoms with van der Waals surface area (Å²) in [6, 6.07) is 0.340. The van der Waals surface area contributed by atoms with E-state index in [1.165, 1.54) is 42.9 Å². The Labute approximate surface area is 149 Å². The summed E-state index contributed by atoms with van der Waals surface area (Å²) in [6.45, 7) is 4.01. The molecule has 2 heterocycles. The largest absolute Gasteiger partial charge is 0.301 e. The summed E-state index contributed by atoms with van der Waals surface area (Å²) >= 11 is 2.77. The number of thioether (sulfide) groups is 1. The number of aromatic nitrogens is 1. The molecule has 2 aliphatic rings. The van der Waals surface area contributed by atoms with E-state index in [0.29, 0.717) is 33.5 Å². The van der Waals surface area contributed by atoms with Gasteiger partial charge in [0.1, 0.15) is 0 Å². The average molecular weight is 364 g/mol. The lowest BCUT2D eigenvalue weighted by Gasteiger charge is -2.14. The molecule has 1 aliphatic carbocycles. The lowest BCUT2D eigenvalue weighted by molar-refractivity contribution is -0.116. The van der Waals surface area contributed by atoms with Crippen LogP contribution in [0.5, 0.6) is 0 Å². The fourth-order valence-electron chi connectivity index (χ4n) is 2.78. The molecule has 1 saturated heterocycles. The zero-order chi connectivity index (χ0) is 17.1. The molecule has 1 saturated carbocycles. The maximum atomic E-state index is 12.1. The minimum Gasteiger partial charge on any atom is -0.301 e. The van der Waals surface area contributed by atoms with Crippen LogP contribution in [0.2, 0.25) is 0 Å². The van der Waals surface area contributed by atoms with Gasteiger partial charge >= 0.3 is 0 Å². The van der Waals surface area contributed by atoms with Gasteiger partial charge in [-0.2, -0.15) is 0 Å². The van der Waals surface area contributed by atoms with Gasteiger partial charge in [-0.1, -0.05) is 12.8 Å². The van der Waals surface area contributed by atoms with E-state index in [4.69, 9.17) is 0 Å². The molecule has 2 amide bonds. The molecular weight excluding hydrogens is 344 g/mol. The molecule has 128 valence electrons. The molecule has 0 radical (unpaired) electrons. The molecule has 0 unspecified atom stereocenters. The van der Waals surface area contributed by atoms with E-state index in [1.807, 2.05) is 12.3 Å². The van der Waals surface area contributed by atoms with Gasteiger partial charge in [-0.15, -0.1) is 11.3 Å². The fraction of sp³-hybridized carbons (Fsp3) is 0.500. The fourth-order valence-corrected chi connectivity index (χ4v) is 4.55. The van der Waals surface area contributed by atoms with E-state index in [9.17, 15) is 9.59 Å². The van der Waals surface area contributed by atoms with Crippen LogP contribution in [0.25, 0.3) is 6.08 Å². The number of rotatable bonds is 4. The molecule has 1 aromatic heterocycles. The first-order chi connectivity index (χ1) is 11.6. The molecule has 1 N–H and O–H groups in total. The number of amidine groups is 1. The van der Waals surface area contributed by atoms with Crippen LogP contribution in [0.3, 0.4) is 0 Å². The topological polar surface area (TPSA) is 74.7 Å². The number of aliphatic imine (C=N–C) groups is 1. The lowest BCUT2D eigenvalue weighted by atomic mass is 10.3. The van der Waals surface area contributed by atoms with Crippen molar-refractivity contribution >= 4 is 51.3 Å².